The number of nitrogens with one attached hydrogen (secondary N) is 1. The highest BCUT2D eigenvalue weighted by molar-refractivity contribution is 5.93. The molecule has 0 unspecified atom stereocenters. The van der Waals surface area contributed by atoms with Crippen molar-refractivity contribution in [1.29, 1.82) is 0 Å². The molecule has 0 aromatic heterocycles. The minimum Gasteiger partial charge on any atom is -0.326 e. The molecule has 3 nitrogen and oxygen atoms in total. The van der Waals surface area contributed by atoms with Crippen molar-refractivity contribution < 1.29 is 14.0 Å². The van der Waals surface area contributed by atoms with Crippen LogP contribution in [-0.4, -0.2) is 12.2 Å². The molecule has 0 aliphatic carbocycles. The van der Waals surface area contributed by atoms with Gasteiger partial charge in [-0.1, -0.05) is 0 Å². The molecule has 1 amide bonds. The first kappa shape index (κ1) is 11.4. The molecule has 0 aliphatic rings. The first-order valence-corrected chi connectivity index (χ1v) is 4.49. The monoisotopic (exact) mass is 209 g/mol. The number of amides is 1. The summed E-state index contributed by atoms with van der Waals surface area (Å²) in [5.74, 6) is -0.782. The van der Waals surface area contributed by atoms with Crippen LogP contribution < -0.4 is 5.32 Å². The van der Waals surface area contributed by atoms with Crippen molar-refractivity contribution in [3.05, 3.63) is 28.6 Å². The Bertz CT molecular complexity index is 427. The molecule has 0 spiro atoms. The van der Waals surface area contributed by atoms with E-state index in [-0.39, 0.29) is 11.5 Å². The van der Waals surface area contributed by atoms with Crippen LogP contribution in [0, 0.1) is 19.7 Å². The van der Waals surface area contributed by atoms with E-state index in [2.05, 4.69) is 5.32 Å². The molecule has 0 heterocycles. The van der Waals surface area contributed by atoms with Crippen LogP contribution in [0.4, 0.5) is 10.1 Å². The molecule has 0 aliphatic heterocycles. The van der Waals surface area contributed by atoms with Crippen LogP contribution in [0.5, 0.6) is 0 Å². The number of rotatable bonds is 2. The molecule has 80 valence electrons. The molecule has 0 bridgehead atoms. The van der Waals surface area contributed by atoms with E-state index < -0.39 is 5.82 Å². The molecule has 15 heavy (non-hydrogen) atoms. The van der Waals surface area contributed by atoms with E-state index in [1.165, 1.54) is 13.0 Å². The summed E-state index contributed by atoms with van der Waals surface area (Å²) in [5.41, 5.74) is 1.55. The maximum absolute atomic E-state index is 13.3. The van der Waals surface area contributed by atoms with Crippen LogP contribution in [0.3, 0.4) is 0 Å². The lowest BCUT2D eigenvalue weighted by molar-refractivity contribution is -0.114. The highest BCUT2D eigenvalue weighted by Gasteiger charge is 2.12. The second-order valence-electron chi connectivity index (χ2n) is 3.37. The smallest absolute Gasteiger partial charge is 0.221 e. The van der Waals surface area contributed by atoms with Gasteiger partial charge in [0.25, 0.3) is 0 Å². The van der Waals surface area contributed by atoms with E-state index in [1.807, 2.05) is 0 Å². The minimum absolute atomic E-state index is 0.252. The van der Waals surface area contributed by atoms with Crippen molar-refractivity contribution in [2.75, 3.05) is 5.32 Å². The Labute approximate surface area is 87.3 Å². The van der Waals surface area contributed by atoms with Gasteiger partial charge in [-0.15, -0.1) is 0 Å². The topological polar surface area (TPSA) is 46.2 Å². The standard InChI is InChI=1S/C11H12FNO2/c1-6-9(5-14)4-10(12)7(2)11(6)13-8(3)15/h4-5H,1-3H3,(H,13,15). The summed E-state index contributed by atoms with van der Waals surface area (Å²) in [6, 6.07) is 1.17. The molecule has 0 fully saturated rings. The van der Waals surface area contributed by atoms with Crippen LogP contribution in [0.2, 0.25) is 0 Å². The molecule has 1 N–H and O–H groups in total. The van der Waals surface area contributed by atoms with Crippen LogP contribution >= 0.6 is 0 Å². The van der Waals surface area contributed by atoms with Crippen LogP contribution in [-0.2, 0) is 4.79 Å². The fraction of sp³-hybridized carbons (Fsp3) is 0.273. The predicted molar refractivity (Wildman–Crippen MR) is 55.6 cm³/mol. The van der Waals surface area contributed by atoms with E-state index in [4.69, 9.17) is 0 Å². The molecule has 0 saturated carbocycles. The average Bonchev–Trinajstić information content (AvgIpc) is 2.18. The molecular weight excluding hydrogens is 197 g/mol. The summed E-state index contributed by atoms with van der Waals surface area (Å²) in [5, 5.41) is 2.52. The molecule has 1 rings (SSSR count). The van der Waals surface area contributed by atoms with Crippen LogP contribution in [0.1, 0.15) is 28.4 Å². The number of carbonyl (C=O) groups excluding carboxylic acids is 2. The fourth-order valence-electron chi connectivity index (χ4n) is 1.38. The Hall–Kier alpha value is -1.71. The van der Waals surface area contributed by atoms with Crippen molar-refractivity contribution >= 4 is 17.9 Å². The van der Waals surface area contributed by atoms with Gasteiger partial charge in [-0.2, -0.15) is 0 Å². The van der Waals surface area contributed by atoms with Gasteiger partial charge in [-0.25, -0.2) is 4.39 Å². The summed E-state index contributed by atoms with van der Waals surface area (Å²) in [6.07, 6.45) is 0.573. The van der Waals surface area contributed by atoms with Crippen LogP contribution in [0.25, 0.3) is 0 Å². The highest BCUT2D eigenvalue weighted by Crippen LogP contribution is 2.25. The lowest BCUT2D eigenvalue weighted by Crippen LogP contribution is -2.11. The lowest BCUT2D eigenvalue weighted by atomic mass is 10.0. The van der Waals surface area contributed by atoms with Gasteiger partial charge in [0.1, 0.15) is 12.1 Å². The number of anilines is 1. The van der Waals surface area contributed by atoms with E-state index >= 15 is 0 Å². The number of aldehydes is 1. The zero-order valence-corrected chi connectivity index (χ0v) is 8.85. The van der Waals surface area contributed by atoms with Gasteiger partial charge in [-0.05, 0) is 25.5 Å². The van der Waals surface area contributed by atoms with Crippen molar-refractivity contribution in [1.82, 2.24) is 0 Å². The molecule has 0 radical (unpaired) electrons. The summed E-state index contributed by atoms with van der Waals surface area (Å²) in [6.45, 7) is 4.56. The second-order valence-corrected chi connectivity index (χ2v) is 3.37. The first-order chi connectivity index (χ1) is 6.97. The SMILES string of the molecule is CC(=O)Nc1c(C)c(F)cc(C=O)c1C. The number of carbonyl (C=O) groups is 2. The molecule has 4 heteroatoms. The average molecular weight is 209 g/mol. The molecule has 0 saturated heterocycles. The molecular formula is C11H12FNO2. The van der Waals surface area contributed by atoms with Gasteiger partial charge in [-0.3, -0.25) is 9.59 Å². The zero-order valence-electron chi connectivity index (χ0n) is 8.85. The fourth-order valence-corrected chi connectivity index (χ4v) is 1.38. The van der Waals surface area contributed by atoms with Gasteiger partial charge < -0.3 is 5.32 Å². The highest BCUT2D eigenvalue weighted by atomic mass is 19.1. The third-order valence-corrected chi connectivity index (χ3v) is 2.25. The van der Waals surface area contributed by atoms with E-state index in [0.29, 0.717) is 23.1 Å². The lowest BCUT2D eigenvalue weighted by Gasteiger charge is -2.12. The van der Waals surface area contributed by atoms with Gasteiger partial charge >= 0.3 is 0 Å². The second kappa shape index (κ2) is 4.21. The summed E-state index contributed by atoms with van der Waals surface area (Å²) in [7, 11) is 0. The normalized spacial score (nSPS) is 9.87. The Morgan fingerprint density at radius 3 is 2.47 bits per heavy atom. The van der Waals surface area contributed by atoms with Crippen molar-refractivity contribution in [2.45, 2.75) is 20.8 Å². The zero-order chi connectivity index (χ0) is 11.6. The van der Waals surface area contributed by atoms with Crippen LogP contribution in [0.15, 0.2) is 6.07 Å². The number of hydrogen-bond donors (Lipinski definition) is 1. The number of benzene rings is 1. The van der Waals surface area contributed by atoms with Crippen molar-refractivity contribution in [2.24, 2.45) is 0 Å². The molecule has 1 aromatic rings. The van der Waals surface area contributed by atoms with Gasteiger partial charge in [0.05, 0.1) is 5.69 Å². The minimum atomic E-state index is -0.494. The first-order valence-electron chi connectivity index (χ1n) is 4.49. The Morgan fingerprint density at radius 1 is 1.40 bits per heavy atom. The van der Waals surface area contributed by atoms with Gasteiger partial charge in [0, 0.05) is 18.1 Å². The van der Waals surface area contributed by atoms with Gasteiger partial charge in [0.2, 0.25) is 5.91 Å². The van der Waals surface area contributed by atoms with Crippen molar-refractivity contribution in [3.63, 3.8) is 0 Å². The summed E-state index contributed by atoms with van der Waals surface area (Å²) in [4.78, 5) is 21.6. The number of halogens is 1. The maximum Gasteiger partial charge on any atom is 0.221 e. The Balaban J connectivity index is 3.39. The Kier molecular flexibility index (Phi) is 3.19. The quantitative estimate of drug-likeness (QED) is 0.759. The third-order valence-electron chi connectivity index (χ3n) is 2.25. The summed E-state index contributed by atoms with van der Waals surface area (Å²) >= 11 is 0. The predicted octanol–water partition coefficient (Wildman–Crippen LogP) is 2.21. The molecule has 1 aromatic carbocycles. The molecule has 0 atom stereocenters. The third kappa shape index (κ3) is 2.21. The largest absolute Gasteiger partial charge is 0.326 e. The number of hydrogen-bond acceptors (Lipinski definition) is 2. The summed E-state index contributed by atoms with van der Waals surface area (Å²) < 4.78 is 13.3. The van der Waals surface area contributed by atoms with E-state index in [9.17, 15) is 14.0 Å². The maximum atomic E-state index is 13.3. The van der Waals surface area contributed by atoms with E-state index in [0.717, 1.165) is 0 Å². The van der Waals surface area contributed by atoms with E-state index in [1.54, 1.807) is 13.8 Å². The Morgan fingerprint density at radius 2 is 2.00 bits per heavy atom. The van der Waals surface area contributed by atoms with Crippen molar-refractivity contribution in [3.8, 4) is 0 Å². The van der Waals surface area contributed by atoms with Gasteiger partial charge in [0.15, 0.2) is 0 Å².